The second-order valence-electron chi connectivity index (χ2n) is 6.63. The molecule has 5 heteroatoms. The Hall–Kier alpha value is -2.14. The van der Waals surface area contributed by atoms with E-state index in [1.165, 1.54) is 11.1 Å². The molecule has 25 heavy (non-hydrogen) atoms. The highest BCUT2D eigenvalue weighted by atomic mass is 32.2. The van der Waals surface area contributed by atoms with Gasteiger partial charge in [0.05, 0.1) is 11.8 Å². The number of nitrogens with one attached hydrogen (secondary N) is 1. The lowest BCUT2D eigenvalue weighted by atomic mass is 10.1. The number of nitrogens with zero attached hydrogens (tertiary/aromatic N) is 1. The Morgan fingerprint density at radius 2 is 2.00 bits per heavy atom. The van der Waals surface area contributed by atoms with Crippen LogP contribution in [0.4, 0.5) is 0 Å². The van der Waals surface area contributed by atoms with Crippen molar-refractivity contribution in [1.29, 1.82) is 0 Å². The van der Waals surface area contributed by atoms with Crippen molar-refractivity contribution < 1.29 is 9.21 Å². The van der Waals surface area contributed by atoms with Crippen LogP contribution in [0.3, 0.4) is 0 Å². The normalized spacial score (nSPS) is 15.6. The third kappa shape index (κ3) is 3.47. The van der Waals surface area contributed by atoms with Crippen LogP contribution in [0.2, 0.25) is 0 Å². The van der Waals surface area contributed by atoms with Crippen molar-refractivity contribution >= 4 is 28.8 Å². The van der Waals surface area contributed by atoms with Gasteiger partial charge in [-0.1, -0.05) is 29.8 Å². The molecule has 1 aliphatic rings. The number of hydrogen-bond donors (Lipinski definition) is 1. The monoisotopic (exact) mass is 354 g/mol. The van der Waals surface area contributed by atoms with Crippen molar-refractivity contribution in [3.05, 3.63) is 59.5 Å². The SMILES string of the molecule is Cc1ccc(Cn2c(C(=O)NC3CCSCC3)cc3occc32)cc1. The van der Waals surface area contributed by atoms with E-state index >= 15 is 0 Å². The molecule has 0 saturated carbocycles. The second-order valence-corrected chi connectivity index (χ2v) is 7.86. The molecule has 3 heterocycles. The van der Waals surface area contributed by atoms with Crippen LogP contribution < -0.4 is 5.32 Å². The van der Waals surface area contributed by atoms with Crippen LogP contribution >= 0.6 is 11.8 Å². The lowest BCUT2D eigenvalue weighted by Crippen LogP contribution is -2.38. The quantitative estimate of drug-likeness (QED) is 0.763. The van der Waals surface area contributed by atoms with Gasteiger partial charge in [0, 0.05) is 24.7 Å². The van der Waals surface area contributed by atoms with E-state index in [1.807, 2.05) is 23.9 Å². The molecule has 1 amide bonds. The summed E-state index contributed by atoms with van der Waals surface area (Å²) in [5.74, 6) is 2.24. The van der Waals surface area contributed by atoms with Crippen molar-refractivity contribution in [2.45, 2.75) is 32.4 Å². The van der Waals surface area contributed by atoms with Crippen molar-refractivity contribution in [1.82, 2.24) is 9.88 Å². The Labute approximate surface area is 151 Å². The fourth-order valence-electron chi connectivity index (χ4n) is 3.31. The maximum atomic E-state index is 12.9. The lowest BCUT2D eigenvalue weighted by Gasteiger charge is -2.22. The highest BCUT2D eigenvalue weighted by molar-refractivity contribution is 7.99. The highest BCUT2D eigenvalue weighted by Gasteiger charge is 2.21. The fourth-order valence-corrected chi connectivity index (χ4v) is 4.42. The minimum Gasteiger partial charge on any atom is -0.463 e. The van der Waals surface area contributed by atoms with Gasteiger partial charge in [0.25, 0.3) is 5.91 Å². The zero-order chi connectivity index (χ0) is 17.2. The molecule has 0 unspecified atom stereocenters. The van der Waals surface area contributed by atoms with Crippen LogP contribution in [-0.2, 0) is 6.54 Å². The molecule has 1 N–H and O–H groups in total. The molecule has 0 radical (unpaired) electrons. The van der Waals surface area contributed by atoms with Crippen LogP contribution in [-0.4, -0.2) is 28.0 Å². The minimum atomic E-state index is -0.00425. The van der Waals surface area contributed by atoms with Crippen molar-refractivity contribution in [3.8, 4) is 0 Å². The van der Waals surface area contributed by atoms with Gasteiger partial charge in [-0.15, -0.1) is 0 Å². The van der Waals surface area contributed by atoms with Crippen LogP contribution in [0.1, 0.15) is 34.5 Å². The van der Waals surface area contributed by atoms with Crippen LogP contribution in [0, 0.1) is 6.92 Å². The van der Waals surface area contributed by atoms with Gasteiger partial charge < -0.3 is 14.3 Å². The number of aromatic nitrogens is 1. The first-order valence-electron chi connectivity index (χ1n) is 8.71. The van der Waals surface area contributed by atoms with Crippen LogP contribution in [0.25, 0.3) is 11.1 Å². The number of hydrogen-bond acceptors (Lipinski definition) is 3. The summed E-state index contributed by atoms with van der Waals surface area (Å²) in [6, 6.07) is 12.5. The zero-order valence-electron chi connectivity index (χ0n) is 14.3. The summed E-state index contributed by atoms with van der Waals surface area (Å²) in [6.45, 7) is 2.74. The smallest absolute Gasteiger partial charge is 0.268 e. The molecule has 0 spiro atoms. The van der Waals surface area contributed by atoms with Gasteiger partial charge in [-0.3, -0.25) is 4.79 Å². The third-order valence-electron chi connectivity index (χ3n) is 4.77. The molecule has 1 aromatic carbocycles. The summed E-state index contributed by atoms with van der Waals surface area (Å²) < 4.78 is 7.58. The number of fused-ring (bicyclic) bond motifs is 1. The van der Waals surface area contributed by atoms with Crippen molar-refractivity contribution in [2.75, 3.05) is 11.5 Å². The Bertz CT molecular complexity index is 873. The predicted octanol–water partition coefficient (Wildman–Crippen LogP) is 4.22. The summed E-state index contributed by atoms with van der Waals surface area (Å²) in [6.07, 6.45) is 3.77. The average Bonchev–Trinajstić information content (AvgIpc) is 3.20. The maximum absolute atomic E-state index is 12.9. The van der Waals surface area contributed by atoms with Gasteiger partial charge in [0.1, 0.15) is 5.69 Å². The first-order valence-corrected chi connectivity index (χ1v) is 9.87. The van der Waals surface area contributed by atoms with Gasteiger partial charge in [-0.2, -0.15) is 11.8 Å². The van der Waals surface area contributed by atoms with Crippen LogP contribution in [0.5, 0.6) is 0 Å². The average molecular weight is 354 g/mol. The molecule has 0 atom stereocenters. The number of carbonyl (C=O) groups excluding carboxylic acids is 1. The van der Waals surface area contributed by atoms with E-state index in [0.717, 1.165) is 35.4 Å². The van der Waals surface area contributed by atoms with E-state index in [4.69, 9.17) is 4.42 Å². The molecule has 4 rings (SSSR count). The van der Waals surface area contributed by atoms with E-state index < -0.39 is 0 Å². The van der Waals surface area contributed by atoms with E-state index in [9.17, 15) is 4.79 Å². The first kappa shape index (κ1) is 16.3. The van der Waals surface area contributed by atoms with E-state index in [-0.39, 0.29) is 11.9 Å². The van der Waals surface area contributed by atoms with Gasteiger partial charge in [0.2, 0.25) is 0 Å². The summed E-state index contributed by atoms with van der Waals surface area (Å²) in [7, 11) is 0. The number of aryl methyl sites for hydroxylation is 1. The molecule has 2 aromatic heterocycles. The maximum Gasteiger partial charge on any atom is 0.268 e. The number of rotatable bonds is 4. The zero-order valence-corrected chi connectivity index (χ0v) is 15.1. The van der Waals surface area contributed by atoms with Crippen LogP contribution in [0.15, 0.2) is 47.1 Å². The number of thioether (sulfide) groups is 1. The molecule has 0 bridgehead atoms. The third-order valence-corrected chi connectivity index (χ3v) is 5.82. The number of carbonyl (C=O) groups is 1. The molecule has 1 aliphatic heterocycles. The van der Waals surface area contributed by atoms with Gasteiger partial charge in [0.15, 0.2) is 5.58 Å². The Morgan fingerprint density at radius 3 is 2.76 bits per heavy atom. The van der Waals surface area contributed by atoms with E-state index in [0.29, 0.717) is 12.2 Å². The summed E-state index contributed by atoms with van der Waals surface area (Å²) in [4.78, 5) is 12.9. The van der Waals surface area contributed by atoms with Crippen molar-refractivity contribution in [2.24, 2.45) is 0 Å². The van der Waals surface area contributed by atoms with Gasteiger partial charge in [-0.25, -0.2) is 0 Å². The number of furan rings is 1. The summed E-state index contributed by atoms with van der Waals surface area (Å²) in [5, 5.41) is 3.21. The van der Waals surface area contributed by atoms with Gasteiger partial charge in [-0.05, 0) is 36.8 Å². The number of amides is 1. The molecule has 1 saturated heterocycles. The van der Waals surface area contributed by atoms with Gasteiger partial charge >= 0.3 is 0 Å². The molecule has 3 aromatic rings. The topological polar surface area (TPSA) is 47.2 Å². The largest absolute Gasteiger partial charge is 0.463 e. The summed E-state index contributed by atoms with van der Waals surface area (Å²) in [5.41, 5.74) is 4.81. The van der Waals surface area contributed by atoms with E-state index in [2.05, 4.69) is 41.1 Å². The molecular formula is C20H22N2O2S. The molecule has 0 aliphatic carbocycles. The predicted molar refractivity (Wildman–Crippen MR) is 102 cm³/mol. The van der Waals surface area contributed by atoms with Crippen molar-refractivity contribution in [3.63, 3.8) is 0 Å². The molecule has 4 nitrogen and oxygen atoms in total. The molecular weight excluding hydrogens is 332 g/mol. The van der Waals surface area contributed by atoms with E-state index in [1.54, 1.807) is 6.26 Å². The number of benzene rings is 1. The lowest BCUT2D eigenvalue weighted by molar-refractivity contribution is 0.0926. The highest BCUT2D eigenvalue weighted by Crippen LogP contribution is 2.24. The Morgan fingerprint density at radius 1 is 1.24 bits per heavy atom. The Kier molecular flexibility index (Phi) is 4.57. The first-order chi connectivity index (χ1) is 12.2. The minimum absolute atomic E-state index is 0.00425. The Balaban J connectivity index is 1.62. The fraction of sp³-hybridized carbons (Fsp3) is 0.350. The standard InChI is InChI=1S/C20H22N2O2S/c1-14-2-4-15(5-3-14)13-22-17-6-9-24-19(17)12-18(22)20(23)21-16-7-10-25-11-8-16/h2-6,9,12,16H,7-8,10-11,13H2,1H3,(H,21,23). The second kappa shape index (κ2) is 7.00. The molecule has 130 valence electrons. The molecule has 1 fully saturated rings. The summed E-state index contributed by atoms with van der Waals surface area (Å²) >= 11 is 1.96.